The zero-order valence-electron chi connectivity index (χ0n) is 13.0. The molecule has 1 aromatic carbocycles. The lowest BCUT2D eigenvalue weighted by Gasteiger charge is -2.18. The first-order valence-electron chi connectivity index (χ1n) is 7.10. The molecule has 3 nitrogen and oxygen atoms in total. The number of halogens is 2. The van der Waals surface area contributed by atoms with Crippen molar-refractivity contribution in [3.05, 3.63) is 51.9 Å². The van der Waals surface area contributed by atoms with Crippen molar-refractivity contribution in [3.8, 4) is 11.1 Å². The van der Waals surface area contributed by atoms with E-state index in [2.05, 4.69) is 25.9 Å². The number of rotatable bonds is 1. The van der Waals surface area contributed by atoms with E-state index < -0.39 is 0 Å². The van der Waals surface area contributed by atoms with Gasteiger partial charge in [-0.1, -0.05) is 62.2 Å². The summed E-state index contributed by atoms with van der Waals surface area (Å²) in [7, 11) is 0. The first kappa shape index (κ1) is 15.3. The Morgan fingerprint density at radius 1 is 1.09 bits per heavy atom. The minimum Gasteiger partial charge on any atom is -0.232 e. The molecule has 0 unspecified atom stereocenters. The van der Waals surface area contributed by atoms with Crippen LogP contribution in [0.15, 0.2) is 30.3 Å². The Morgan fingerprint density at radius 2 is 1.77 bits per heavy atom. The highest BCUT2D eigenvalue weighted by molar-refractivity contribution is 6.33. The standard InChI is InChI=1S/C17H17Cl2N3/c1-10-15(11-7-5-6-8-12(11)18)16-20-13(17(2,3)4)9-14(19)22(16)21-10/h5-9H,1-4H3. The molecule has 3 aromatic rings. The first-order valence-corrected chi connectivity index (χ1v) is 7.86. The predicted octanol–water partition coefficient (Wildman–Crippen LogP) is 5.31. The molecular weight excluding hydrogens is 317 g/mol. The fourth-order valence-corrected chi connectivity index (χ4v) is 2.90. The summed E-state index contributed by atoms with van der Waals surface area (Å²) in [5.41, 5.74) is 4.28. The summed E-state index contributed by atoms with van der Waals surface area (Å²) >= 11 is 12.8. The van der Waals surface area contributed by atoms with E-state index in [9.17, 15) is 0 Å². The zero-order valence-corrected chi connectivity index (χ0v) is 14.5. The lowest BCUT2D eigenvalue weighted by atomic mass is 9.92. The highest BCUT2D eigenvalue weighted by Gasteiger charge is 2.22. The van der Waals surface area contributed by atoms with E-state index in [4.69, 9.17) is 28.2 Å². The maximum absolute atomic E-state index is 6.41. The monoisotopic (exact) mass is 333 g/mol. The van der Waals surface area contributed by atoms with Gasteiger partial charge in [-0.15, -0.1) is 0 Å². The Morgan fingerprint density at radius 3 is 2.41 bits per heavy atom. The second-order valence-corrected chi connectivity index (χ2v) is 7.18. The zero-order chi connectivity index (χ0) is 16.1. The second kappa shape index (κ2) is 5.25. The molecule has 0 fully saturated rings. The van der Waals surface area contributed by atoms with Gasteiger partial charge in [0.25, 0.3) is 0 Å². The van der Waals surface area contributed by atoms with Crippen LogP contribution in [-0.4, -0.2) is 14.6 Å². The van der Waals surface area contributed by atoms with Crippen LogP contribution in [0.2, 0.25) is 10.2 Å². The molecule has 22 heavy (non-hydrogen) atoms. The molecule has 0 saturated heterocycles. The number of hydrogen-bond donors (Lipinski definition) is 0. The van der Waals surface area contributed by atoms with Crippen LogP contribution in [0.4, 0.5) is 0 Å². The summed E-state index contributed by atoms with van der Waals surface area (Å²) in [6.45, 7) is 8.28. The Labute approximate surface area is 139 Å². The third-order valence-corrected chi connectivity index (χ3v) is 4.23. The van der Waals surface area contributed by atoms with Gasteiger partial charge >= 0.3 is 0 Å². The SMILES string of the molecule is Cc1nn2c(Cl)cc(C(C)(C)C)nc2c1-c1ccccc1Cl. The summed E-state index contributed by atoms with van der Waals surface area (Å²) in [5, 5.41) is 5.75. The van der Waals surface area contributed by atoms with Gasteiger partial charge in [-0.2, -0.15) is 5.10 Å². The van der Waals surface area contributed by atoms with Crippen molar-refractivity contribution in [3.63, 3.8) is 0 Å². The van der Waals surface area contributed by atoms with Crippen LogP contribution >= 0.6 is 23.2 Å². The number of benzene rings is 1. The summed E-state index contributed by atoms with van der Waals surface area (Å²) in [6, 6.07) is 9.59. The van der Waals surface area contributed by atoms with E-state index in [0.717, 1.165) is 28.2 Å². The van der Waals surface area contributed by atoms with Crippen molar-refractivity contribution in [2.75, 3.05) is 0 Å². The lowest BCUT2D eigenvalue weighted by Crippen LogP contribution is -2.14. The van der Waals surface area contributed by atoms with Crippen LogP contribution in [0.1, 0.15) is 32.2 Å². The smallest absolute Gasteiger partial charge is 0.165 e. The van der Waals surface area contributed by atoms with Gasteiger partial charge in [0.15, 0.2) is 5.65 Å². The van der Waals surface area contributed by atoms with E-state index >= 15 is 0 Å². The molecule has 0 spiro atoms. The number of hydrogen-bond acceptors (Lipinski definition) is 2. The molecular formula is C17H17Cl2N3. The van der Waals surface area contributed by atoms with Gasteiger partial charge in [0.2, 0.25) is 0 Å². The summed E-state index contributed by atoms with van der Waals surface area (Å²) in [6.07, 6.45) is 0. The van der Waals surface area contributed by atoms with Gasteiger partial charge in [-0.25, -0.2) is 9.50 Å². The predicted molar refractivity (Wildman–Crippen MR) is 91.9 cm³/mol. The third-order valence-electron chi connectivity index (χ3n) is 3.63. The number of nitrogens with zero attached hydrogens (tertiary/aromatic N) is 3. The van der Waals surface area contributed by atoms with Crippen molar-refractivity contribution < 1.29 is 0 Å². The van der Waals surface area contributed by atoms with Crippen LogP contribution in [0.25, 0.3) is 16.8 Å². The average Bonchev–Trinajstić information content (AvgIpc) is 2.75. The molecule has 0 bridgehead atoms. The Bertz CT molecular complexity index is 860. The molecule has 0 aliphatic rings. The third kappa shape index (κ3) is 2.49. The maximum atomic E-state index is 6.41. The molecule has 3 rings (SSSR count). The summed E-state index contributed by atoms with van der Waals surface area (Å²) < 4.78 is 1.67. The molecule has 5 heteroatoms. The molecule has 2 heterocycles. The average molecular weight is 334 g/mol. The summed E-state index contributed by atoms with van der Waals surface area (Å²) in [4.78, 5) is 4.80. The largest absolute Gasteiger partial charge is 0.232 e. The van der Waals surface area contributed by atoms with Crippen molar-refractivity contribution in [2.45, 2.75) is 33.1 Å². The Balaban J connectivity index is 2.38. The molecule has 114 valence electrons. The van der Waals surface area contributed by atoms with E-state index in [0.29, 0.717) is 10.2 Å². The van der Waals surface area contributed by atoms with Gasteiger partial charge in [-0.05, 0) is 19.1 Å². The molecule has 0 aliphatic heterocycles. The van der Waals surface area contributed by atoms with Crippen LogP contribution in [0.5, 0.6) is 0 Å². The molecule has 0 N–H and O–H groups in total. The minimum absolute atomic E-state index is 0.0959. The highest BCUT2D eigenvalue weighted by atomic mass is 35.5. The van der Waals surface area contributed by atoms with Gasteiger partial charge in [-0.3, -0.25) is 0 Å². The van der Waals surface area contributed by atoms with Crippen molar-refractivity contribution in [1.82, 2.24) is 14.6 Å². The number of fused-ring (bicyclic) bond motifs is 1. The van der Waals surface area contributed by atoms with Crippen LogP contribution in [0, 0.1) is 6.92 Å². The van der Waals surface area contributed by atoms with Gasteiger partial charge < -0.3 is 0 Å². The first-order chi connectivity index (χ1) is 10.3. The fraction of sp³-hybridized carbons (Fsp3) is 0.294. The topological polar surface area (TPSA) is 30.2 Å². The summed E-state index contributed by atoms with van der Waals surface area (Å²) in [5.74, 6) is 0. The van der Waals surface area contributed by atoms with Crippen molar-refractivity contribution >= 4 is 28.8 Å². The highest BCUT2D eigenvalue weighted by Crippen LogP contribution is 2.35. The van der Waals surface area contributed by atoms with Gasteiger partial charge in [0.1, 0.15) is 5.15 Å². The van der Waals surface area contributed by atoms with E-state index in [1.54, 1.807) is 4.52 Å². The Hall–Kier alpha value is -1.58. The molecule has 2 aromatic heterocycles. The van der Waals surface area contributed by atoms with E-state index in [1.165, 1.54) is 0 Å². The van der Waals surface area contributed by atoms with Crippen molar-refractivity contribution in [1.29, 1.82) is 0 Å². The molecule has 0 saturated carbocycles. The van der Waals surface area contributed by atoms with Crippen molar-refractivity contribution in [2.24, 2.45) is 0 Å². The molecule has 0 amide bonds. The molecule has 0 atom stereocenters. The molecule has 0 radical (unpaired) electrons. The van der Waals surface area contributed by atoms with E-state index in [-0.39, 0.29) is 5.41 Å². The second-order valence-electron chi connectivity index (χ2n) is 6.39. The van der Waals surface area contributed by atoms with Crippen LogP contribution < -0.4 is 0 Å². The maximum Gasteiger partial charge on any atom is 0.165 e. The van der Waals surface area contributed by atoms with E-state index in [1.807, 2.05) is 37.3 Å². The van der Waals surface area contributed by atoms with Crippen LogP contribution in [0.3, 0.4) is 0 Å². The van der Waals surface area contributed by atoms with Gasteiger partial charge in [0.05, 0.1) is 17.0 Å². The molecule has 0 aliphatic carbocycles. The van der Waals surface area contributed by atoms with Crippen LogP contribution in [-0.2, 0) is 5.41 Å². The fourth-order valence-electron chi connectivity index (χ4n) is 2.45. The lowest BCUT2D eigenvalue weighted by molar-refractivity contribution is 0.568. The number of aromatic nitrogens is 3. The quantitative estimate of drug-likeness (QED) is 0.565. The minimum atomic E-state index is -0.0959. The normalized spacial score (nSPS) is 12.1. The number of aryl methyl sites for hydroxylation is 1. The Kier molecular flexibility index (Phi) is 3.66. The van der Waals surface area contributed by atoms with Gasteiger partial charge in [0, 0.05) is 16.0 Å².